The molecule has 0 unspecified atom stereocenters. The number of nitrogens with one attached hydrogen (secondary N) is 2. The van der Waals surface area contributed by atoms with Crippen molar-refractivity contribution in [3.05, 3.63) is 24.3 Å². The fraction of sp³-hybridized carbons (Fsp3) is 0.579. The number of benzene rings is 1. The van der Waals surface area contributed by atoms with Gasteiger partial charge in [0.05, 0.1) is 18.0 Å². The Morgan fingerprint density at radius 1 is 1.00 bits per heavy atom. The van der Waals surface area contributed by atoms with Gasteiger partial charge in [0.15, 0.2) is 0 Å². The average molecular weight is 413 g/mol. The lowest BCUT2D eigenvalue weighted by Gasteiger charge is -2.23. The summed E-state index contributed by atoms with van der Waals surface area (Å²) in [6.07, 6.45) is 0. The van der Waals surface area contributed by atoms with Crippen LogP contribution in [0.25, 0.3) is 0 Å². The number of amides is 2. The zero-order valence-corrected chi connectivity index (χ0v) is 18.6. The van der Waals surface area contributed by atoms with Gasteiger partial charge in [0.25, 0.3) is 0 Å². The summed E-state index contributed by atoms with van der Waals surface area (Å²) in [6.45, 7) is 9.40. The molecule has 8 nitrogen and oxygen atoms in total. The molecule has 2 N–H and O–H groups in total. The second kappa shape index (κ2) is 9.49. The number of nitrogens with zero attached hydrogens (tertiary/aromatic N) is 2. The van der Waals surface area contributed by atoms with E-state index in [2.05, 4.69) is 10.6 Å². The van der Waals surface area contributed by atoms with Crippen molar-refractivity contribution >= 4 is 27.5 Å². The van der Waals surface area contributed by atoms with Gasteiger partial charge in [0.1, 0.15) is 0 Å². The summed E-state index contributed by atoms with van der Waals surface area (Å²) in [7, 11) is -0.354. The Balaban J connectivity index is 2.65. The number of hydrogen-bond acceptors (Lipinski definition) is 5. The first-order valence-corrected chi connectivity index (χ1v) is 10.5. The van der Waals surface area contributed by atoms with Crippen LogP contribution in [0.4, 0.5) is 5.69 Å². The van der Waals surface area contributed by atoms with E-state index in [0.29, 0.717) is 5.69 Å². The van der Waals surface area contributed by atoms with Gasteiger partial charge in [-0.05, 0) is 65.9 Å². The predicted molar refractivity (Wildman–Crippen MR) is 111 cm³/mol. The minimum Gasteiger partial charge on any atom is -0.350 e. The Hall–Kier alpha value is -1.97. The maximum Gasteiger partial charge on any atom is 0.243 e. The summed E-state index contributed by atoms with van der Waals surface area (Å²) >= 11 is 0. The first-order valence-electron chi connectivity index (χ1n) is 9.10. The smallest absolute Gasteiger partial charge is 0.243 e. The van der Waals surface area contributed by atoms with E-state index in [0.717, 1.165) is 0 Å². The standard InChI is InChI=1S/C19H32N4O4S/c1-14(2)23(7)28(26,27)16-10-8-15(9-11-16)20-17(24)12-22(6)13-18(25)21-19(3,4)5/h8-11,14H,12-13H2,1-7H3,(H,20,24)(H,21,25). The van der Waals surface area contributed by atoms with Crippen molar-refractivity contribution in [1.29, 1.82) is 0 Å². The van der Waals surface area contributed by atoms with Gasteiger partial charge >= 0.3 is 0 Å². The third kappa shape index (κ3) is 7.57. The Morgan fingerprint density at radius 2 is 1.50 bits per heavy atom. The molecule has 28 heavy (non-hydrogen) atoms. The highest BCUT2D eigenvalue weighted by Gasteiger charge is 2.23. The van der Waals surface area contributed by atoms with Crippen molar-refractivity contribution in [3.8, 4) is 0 Å². The topological polar surface area (TPSA) is 98.8 Å². The Morgan fingerprint density at radius 3 is 1.96 bits per heavy atom. The molecule has 0 atom stereocenters. The molecule has 0 fully saturated rings. The second-order valence-electron chi connectivity index (χ2n) is 8.16. The number of carbonyl (C=O) groups is 2. The maximum absolute atomic E-state index is 12.4. The molecule has 1 rings (SSSR count). The van der Waals surface area contributed by atoms with Crippen molar-refractivity contribution in [2.45, 2.75) is 51.1 Å². The fourth-order valence-electron chi connectivity index (χ4n) is 2.36. The number of hydrogen-bond donors (Lipinski definition) is 2. The molecule has 0 saturated carbocycles. The SMILES string of the molecule is CC(C)N(C)S(=O)(=O)c1ccc(NC(=O)CN(C)CC(=O)NC(C)(C)C)cc1. The van der Waals surface area contributed by atoms with Crippen molar-refractivity contribution in [2.24, 2.45) is 0 Å². The van der Waals surface area contributed by atoms with E-state index in [1.165, 1.54) is 23.5 Å². The second-order valence-corrected chi connectivity index (χ2v) is 10.2. The highest BCUT2D eigenvalue weighted by atomic mass is 32.2. The Bertz CT molecular complexity index is 783. The normalized spacial score (nSPS) is 12.5. The Kier molecular flexibility index (Phi) is 8.16. The van der Waals surface area contributed by atoms with Crippen LogP contribution in [0.15, 0.2) is 29.2 Å². The highest BCUT2D eigenvalue weighted by Crippen LogP contribution is 2.19. The van der Waals surface area contributed by atoms with Gasteiger partial charge < -0.3 is 10.6 Å². The summed E-state index contributed by atoms with van der Waals surface area (Å²) in [5.74, 6) is -0.451. The van der Waals surface area contributed by atoms with Crippen molar-refractivity contribution < 1.29 is 18.0 Å². The molecule has 0 spiro atoms. The van der Waals surface area contributed by atoms with Gasteiger partial charge in [-0.1, -0.05) is 0 Å². The summed E-state index contributed by atoms with van der Waals surface area (Å²) in [4.78, 5) is 25.8. The van der Waals surface area contributed by atoms with Gasteiger partial charge in [0.2, 0.25) is 21.8 Å². The van der Waals surface area contributed by atoms with Crippen LogP contribution in [0.5, 0.6) is 0 Å². The summed E-state index contributed by atoms with van der Waals surface area (Å²) in [5, 5.41) is 5.54. The average Bonchev–Trinajstić information content (AvgIpc) is 2.52. The number of sulfonamides is 1. The van der Waals surface area contributed by atoms with Crippen LogP contribution in [0.2, 0.25) is 0 Å². The Labute approximate surface area is 168 Å². The van der Waals surface area contributed by atoms with E-state index < -0.39 is 10.0 Å². The third-order valence-corrected chi connectivity index (χ3v) is 5.93. The van der Waals surface area contributed by atoms with E-state index in [4.69, 9.17) is 0 Å². The van der Waals surface area contributed by atoms with Crippen LogP contribution in [0, 0.1) is 0 Å². The van der Waals surface area contributed by atoms with E-state index in [1.54, 1.807) is 37.9 Å². The summed E-state index contributed by atoms with van der Waals surface area (Å²) in [6, 6.07) is 5.86. The quantitative estimate of drug-likeness (QED) is 0.674. The molecule has 0 aliphatic carbocycles. The lowest BCUT2D eigenvalue weighted by molar-refractivity contribution is -0.124. The molecule has 0 radical (unpaired) electrons. The number of carbonyl (C=O) groups excluding carboxylic acids is 2. The molecule has 9 heteroatoms. The van der Waals surface area contributed by atoms with Crippen LogP contribution in [0.1, 0.15) is 34.6 Å². The van der Waals surface area contributed by atoms with E-state index in [9.17, 15) is 18.0 Å². The molecule has 1 aromatic rings. The first kappa shape index (κ1) is 24.1. The molecule has 158 valence electrons. The molecule has 1 aromatic carbocycles. The zero-order valence-electron chi connectivity index (χ0n) is 17.7. The van der Waals surface area contributed by atoms with Crippen molar-refractivity contribution in [1.82, 2.24) is 14.5 Å². The van der Waals surface area contributed by atoms with Crippen molar-refractivity contribution in [2.75, 3.05) is 32.5 Å². The fourth-order valence-corrected chi connectivity index (χ4v) is 3.73. The molecule has 0 bridgehead atoms. The third-order valence-electron chi connectivity index (χ3n) is 3.88. The van der Waals surface area contributed by atoms with Crippen LogP contribution < -0.4 is 10.6 Å². The van der Waals surface area contributed by atoms with Gasteiger partial charge in [-0.3, -0.25) is 14.5 Å². The number of rotatable bonds is 8. The number of likely N-dealkylation sites (N-methyl/N-ethyl adjacent to an activating group) is 1. The zero-order chi connectivity index (χ0) is 21.7. The number of anilines is 1. The summed E-state index contributed by atoms with van der Waals surface area (Å²) < 4.78 is 26.2. The molecule has 2 amide bonds. The predicted octanol–water partition coefficient (Wildman–Crippen LogP) is 1.50. The highest BCUT2D eigenvalue weighted by molar-refractivity contribution is 7.89. The van der Waals surface area contributed by atoms with E-state index in [-0.39, 0.29) is 41.4 Å². The largest absolute Gasteiger partial charge is 0.350 e. The van der Waals surface area contributed by atoms with E-state index >= 15 is 0 Å². The minimum absolute atomic E-state index is 0.0354. The van der Waals surface area contributed by atoms with Crippen LogP contribution in [-0.2, 0) is 19.6 Å². The lowest BCUT2D eigenvalue weighted by Crippen LogP contribution is -2.46. The minimum atomic E-state index is -3.56. The van der Waals surface area contributed by atoms with Gasteiger partial charge in [0, 0.05) is 24.3 Å². The molecule has 0 heterocycles. The maximum atomic E-state index is 12.4. The van der Waals surface area contributed by atoms with Crippen LogP contribution in [-0.4, -0.2) is 68.2 Å². The molecular weight excluding hydrogens is 380 g/mol. The first-order chi connectivity index (χ1) is 12.7. The monoisotopic (exact) mass is 412 g/mol. The molecular formula is C19H32N4O4S. The molecule has 0 saturated heterocycles. The molecule has 0 aromatic heterocycles. The van der Waals surface area contributed by atoms with Crippen LogP contribution in [0.3, 0.4) is 0 Å². The lowest BCUT2D eigenvalue weighted by atomic mass is 10.1. The molecule has 0 aliphatic heterocycles. The van der Waals surface area contributed by atoms with E-state index in [1.807, 2.05) is 20.8 Å². The van der Waals surface area contributed by atoms with Crippen molar-refractivity contribution in [3.63, 3.8) is 0 Å². The van der Waals surface area contributed by atoms with Gasteiger partial charge in [-0.25, -0.2) is 8.42 Å². The molecule has 0 aliphatic rings. The van der Waals surface area contributed by atoms with Gasteiger partial charge in [-0.15, -0.1) is 0 Å². The van der Waals surface area contributed by atoms with Crippen LogP contribution >= 0.6 is 0 Å². The summed E-state index contributed by atoms with van der Waals surface area (Å²) in [5.41, 5.74) is 0.162. The van der Waals surface area contributed by atoms with Gasteiger partial charge in [-0.2, -0.15) is 4.31 Å².